The molecule has 0 spiro atoms. The minimum absolute atomic E-state index is 0.0196. The van der Waals surface area contributed by atoms with Crippen LogP contribution < -0.4 is 10.1 Å². The van der Waals surface area contributed by atoms with Crippen molar-refractivity contribution in [1.82, 2.24) is 0 Å². The van der Waals surface area contributed by atoms with Gasteiger partial charge in [0, 0.05) is 12.1 Å². The second-order valence-electron chi connectivity index (χ2n) is 7.24. The third kappa shape index (κ3) is 5.83. The first-order valence-electron chi connectivity index (χ1n) is 10.5. The van der Waals surface area contributed by atoms with Crippen LogP contribution in [-0.2, 0) is 17.6 Å². The van der Waals surface area contributed by atoms with E-state index in [9.17, 15) is 14.4 Å². The fourth-order valence-corrected chi connectivity index (χ4v) is 3.28. The first-order valence-corrected chi connectivity index (χ1v) is 10.5. The minimum Gasteiger partial charge on any atom is -0.494 e. The van der Waals surface area contributed by atoms with Crippen molar-refractivity contribution >= 4 is 17.7 Å². The number of hydrogen-bond acceptors (Lipinski definition) is 3. The van der Waals surface area contributed by atoms with E-state index in [-0.39, 0.29) is 11.4 Å². The molecule has 3 aromatic rings. The highest BCUT2D eigenvalue weighted by Gasteiger charge is 2.12. The number of amides is 1. The fraction of sp³-hybridized carbons (Fsp3) is 0.185. The number of nitrogens with zero attached hydrogens (tertiary/aromatic N) is 1. The van der Waals surface area contributed by atoms with Crippen molar-refractivity contribution in [1.29, 1.82) is 5.26 Å². The molecule has 0 heterocycles. The van der Waals surface area contributed by atoms with Gasteiger partial charge in [0.2, 0.25) is 0 Å². The Morgan fingerprint density at radius 1 is 1.06 bits per heavy atom. The van der Waals surface area contributed by atoms with Gasteiger partial charge in [-0.15, -0.1) is 0 Å². The van der Waals surface area contributed by atoms with Gasteiger partial charge in [-0.05, 0) is 65.9 Å². The Hall–Kier alpha value is -3.91. The fourth-order valence-electron chi connectivity index (χ4n) is 3.28. The molecule has 32 heavy (non-hydrogen) atoms. The number of nitriles is 1. The molecule has 3 aromatic carbocycles. The summed E-state index contributed by atoms with van der Waals surface area (Å²) in [7, 11) is 0. The number of ether oxygens (including phenoxy) is 1. The van der Waals surface area contributed by atoms with Crippen molar-refractivity contribution in [3.05, 3.63) is 100 Å². The lowest BCUT2D eigenvalue weighted by molar-refractivity contribution is -0.112. The highest BCUT2D eigenvalue weighted by molar-refractivity contribution is 6.09. The lowest BCUT2D eigenvalue weighted by Gasteiger charge is -2.12. The topological polar surface area (TPSA) is 62.1 Å². The SMILES string of the molecule is CCOc1cc(/C=C(\C#N)C(=O)Nc2ccc(CC)cc2)ccc1Cc1ccccc1F. The van der Waals surface area contributed by atoms with Crippen LogP contribution in [0.5, 0.6) is 5.75 Å². The summed E-state index contributed by atoms with van der Waals surface area (Å²) in [6.45, 7) is 4.37. The third-order valence-electron chi connectivity index (χ3n) is 5.03. The zero-order valence-corrected chi connectivity index (χ0v) is 18.2. The first-order chi connectivity index (χ1) is 15.5. The Bertz CT molecular complexity index is 1160. The highest BCUT2D eigenvalue weighted by atomic mass is 19.1. The molecule has 0 unspecified atom stereocenters. The van der Waals surface area contributed by atoms with Gasteiger partial charge in [-0.3, -0.25) is 4.79 Å². The summed E-state index contributed by atoms with van der Waals surface area (Å²) in [5.41, 5.74) is 3.82. The van der Waals surface area contributed by atoms with Crippen LogP contribution in [0.1, 0.15) is 36.1 Å². The minimum atomic E-state index is -0.481. The first kappa shape index (κ1) is 22.8. The number of anilines is 1. The van der Waals surface area contributed by atoms with E-state index in [4.69, 9.17) is 4.74 Å². The van der Waals surface area contributed by atoms with Crippen molar-refractivity contribution in [3.63, 3.8) is 0 Å². The number of carbonyl (C=O) groups excluding carboxylic acids is 1. The number of benzene rings is 3. The molecule has 0 bridgehead atoms. The highest BCUT2D eigenvalue weighted by Crippen LogP contribution is 2.26. The van der Waals surface area contributed by atoms with Crippen LogP contribution in [0, 0.1) is 17.1 Å². The largest absolute Gasteiger partial charge is 0.494 e. The van der Waals surface area contributed by atoms with Crippen LogP contribution in [0.25, 0.3) is 6.08 Å². The summed E-state index contributed by atoms with van der Waals surface area (Å²) in [5, 5.41) is 12.3. The molecule has 3 rings (SSSR count). The monoisotopic (exact) mass is 428 g/mol. The number of carbonyl (C=O) groups is 1. The van der Waals surface area contributed by atoms with Crippen LogP contribution in [0.3, 0.4) is 0 Å². The average molecular weight is 429 g/mol. The van der Waals surface area contributed by atoms with E-state index >= 15 is 0 Å². The number of hydrogen-bond donors (Lipinski definition) is 1. The second kappa shape index (κ2) is 10.9. The molecule has 4 nitrogen and oxygen atoms in total. The molecule has 0 aliphatic heterocycles. The van der Waals surface area contributed by atoms with Crippen LogP contribution in [-0.4, -0.2) is 12.5 Å². The van der Waals surface area contributed by atoms with Gasteiger partial charge in [-0.25, -0.2) is 4.39 Å². The Morgan fingerprint density at radius 3 is 2.47 bits per heavy atom. The maximum absolute atomic E-state index is 14.1. The van der Waals surface area contributed by atoms with Gasteiger partial charge in [0.05, 0.1) is 6.61 Å². The zero-order valence-electron chi connectivity index (χ0n) is 18.2. The van der Waals surface area contributed by atoms with Crippen LogP contribution in [0.15, 0.2) is 72.3 Å². The van der Waals surface area contributed by atoms with E-state index in [1.165, 1.54) is 12.1 Å². The van der Waals surface area contributed by atoms with E-state index in [0.29, 0.717) is 35.6 Å². The number of aryl methyl sites for hydroxylation is 1. The molecule has 0 atom stereocenters. The molecule has 1 N–H and O–H groups in total. The van der Waals surface area contributed by atoms with Crippen LogP contribution in [0.2, 0.25) is 0 Å². The van der Waals surface area contributed by atoms with Crippen molar-refractivity contribution in [2.75, 3.05) is 11.9 Å². The lowest BCUT2D eigenvalue weighted by Crippen LogP contribution is -2.13. The molecule has 0 saturated heterocycles. The molecule has 0 aliphatic carbocycles. The molecule has 5 heteroatoms. The van der Waals surface area contributed by atoms with E-state index < -0.39 is 5.91 Å². The van der Waals surface area contributed by atoms with Crippen molar-refractivity contribution in [3.8, 4) is 11.8 Å². The second-order valence-corrected chi connectivity index (χ2v) is 7.24. The van der Waals surface area contributed by atoms with Gasteiger partial charge in [-0.2, -0.15) is 5.26 Å². The standard InChI is InChI=1S/C27H25FN2O2/c1-3-19-10-13-24(14-11-19)30-27(31)23(18-29)15-20-9-12-22(26(16-20)32-4-2)17-21-7-5-6-8-25(21)28/h5-16H,3-4,17H2,1-2H3,(H,30,31)/b23-15+. The third-order valence-corrected chi connectivity index (χ3v) is 5.03. The molecule has 0 aromatic heterocycles. The van der Waals surface area contributed by atoms with Gasteiger partial charge in [0.15, 0.2) is 0 Å². The van der Waals surface area contributed by atoms with Gasteiger partial charge < -0.3 is 10.1 Å². The molecule has 0 fully saturated rings. The van der Waals surface area contributed by atoms with Gasteiger partial charge in [0.1, 0.15) is 23.2 Å². The Balaban J connectivity index is 1.83. The normalized spacial score (nSPS) is 11.0. The summed E-state index contributed by atoms with van der Waals surface area (Å²) >= 11 is 0. The lowest BCUT2D eigenvalue weighted by atomic mass is 10.0. The van der Waals surface area contributed by atoms with E-state index in [2.05, 4.69) is 12.2 Å². The van der Waals surface area contributed by atoms with Crippen LogP contribution in [0.4, 0.5) is 10.1 Å². The molecule has 0 saturated carbocycles. The predicted octanol–water partition coefficient (Wildman–Crippen LogP) is 5.92. The number of halogens is 1. The summed E-state index contributed by atoms with van der Waals surface area (Å²) in [5.74, 6) is -0.156. The van der Waals surface area contributed by atoms with E-state index in [1.54, 1.807) is 30.3 Å². The molecular formula is C27H25FN2O2. The Morgan fingerprint density at radius 2 is 1.81 bits per heavy atom. The summed E-state index contributed by atoms with van der Waals surface area (Å²) in [4.78, 5) is 12.6. The maximum atomic E-state index is 14.1. The van der Waals surface area contributed by atoms with E-state index in [1.807, 2.05) is 43.3 Å². The average Bonchev–Trinajstić information content (AvgIpc) is 2.81. The summed E-state index contributed by atoms with van der Waals surface area (Å²) in [6.07, 6.45) is 2.81. The van der Waals surface area contributed by atoms with Gasteiger partial charge in [0.25, 0.3) is 5.91 Å². The molecular weight excluding hydrogens is 403 g/mol. The Kier molecular flexibility index (Phi) is 7.77. The van der Waals surface area contributed by atoms with Gasteiger partial charge in [-0.1, -0.05) is 49.4 Å². The molecule has 0 radical (unpaired) electrons. The van der Waals surface area contributed by atoms with Crippen LogP contribution >= 0.6 is 0 Å². The van der Waals surface area contributed by atoms with E-state index in [0.717, 1.165) is 17.5 Å². The maximum Gasteiger partial charge on any atom is 0.266 e. The van der Waals surface area contributed by atoms with Crippen molar-refractivity contribution in [2.24, 2.45) is 0 Å². The smallest absolute Gasteiger partial charge is 0.266 e. The number of rotatable bonds is 8. The number of nitrogens with one attached hydrogen (secondary N) is 1. The quantitative estimate of drug-likeness (QED) is 0.358. The molecule has 1 amide bonds. The van der Waals surface area contributed by atoms with Crippen molar-refractivity contribution in [2.45, 2.75) is 26.7 Å². The summed E-state index contributed by atoms with van der Waals surface area (Å²) < 4.78 is 19.8. The zero-order chi connectivity index (χ0) is 22.9. The predicted molar refractivity (Wildman–Crippen MR) is 125 cm³/mol. The molecule has 0 aliphatic rings. The summed E-state index contributed by atoms with van der Waals surface area (Å²) in [6, 6.07) is 21.5. The molecule has 162 valence electrons. The van der Waals surface area contributed by atoms with Crippen molar-refractivity contribution < 1.29 is 13.9 Å². The Labute approximate surface area is 188 Å². The van der Waals surface area contributed by atoms with Gasteiger partial charge >= 0.3 is 0 Å².